The smallest absolute Gasteiger partial charge is 0.138 e. The average molecular weight is 299 g/mol. The van der Waals surface area contributed by atoms with Crippen LogP contribution in [0, 0.1) is 0 Å². The number of aromatic nitrogens is 1. The van der Waals surface area contributed by atoms with Crippen molar-refractivity contribution in [2.75, 3.05) is 19.6 Å². The molecule has 0 aromatic carbocycles. The van der Waals surface area contributed by atoms with Gasteiger partial charge in [0, 0.05) is 36.3 Å². The molecule has 0 bridgehead atoms. The predicted octanol–water partition coefficient (Wildman–Crippen LogP) is 2.69. The minimum Gasteiger partial charge on any atom is -0.303 e. The van der Waals surface area contributed by atoms with Gasteiger partial charge in [0.1, 0.15) is 5.78 Å². The molecule has 3 nitrogen and oxygen atoms in total. The van der Waals surface area contributed by atoms with Gasteiger partial charge in [0.15, 0.2) is 0 Å². The minimum absolute atomic E-state index is 0.275. The topological polar surface area (TPSA) is 33.2 Å². The molecule has 0 N–H and O–H groups in total. The summed E-state index contributed by atoms with van der Waals surface area (Å²) in [5.74, 6) is 0.275. The predicted molar refractivity (Wildman–Crippen MR) is 73.1 cm³/mol. The molecule has 1 heterocycles. The molecule has 0 aliphatic rings. The Balaban J connectivity index is 2.39. The summed E-state index contributed by atoms with van der Waals surface area (Å²) in [6.45, 7) is 7.09. The molecule has 0 atom stereocenters. The monoisotopic (exact) mass is 298 g/mol. The molecular weight excluding hydrogens is 280 g/mol. The van der Waals surface area contributed by atoms with E-state index in [1.165, 1.54) is 0 Å². The highest BCUT2D eigenvalue weighted by atomic mass is 79.9. The Hall–Kier alpha value is -0.740. The molecule has 0 saturated heterocycles. The van der Waals surface area contributed by atoms with Gasteiger partial charge in [-0.05, 0) is 40.6 Å². The van der Waals surface area contributed by atoms with Crippen LogP contribution in [0.5, 0.6) is 0 Å². The van der Waals surface area contributed by atoms with Crippen molar-refractivity contribution in [3.63, 3.8) is 0 Å². The van der Waals surface area contributed by atoms with Crippen molar-refractivity contribution in [3.8, 4) is 0 Å². The summed E-state index contributed by atoms with van der Waals surface area (Å²) in [5, 5.41) is 0. The molecule has 4 heteroatoms. The fourth-order valence-corrected chi connectivity index (χ4v) is 2.10. The van der Waals surface area contributed by atoms with Gasteiger partial charge in [-0.25, -0.2) is 0 Å². The molecule has 0 saturated carbocycles. The summed E-state index contributed by atoms with van der Waals surface area (Å²) in [7, 11) is 0. The minimum atomic E-state index is 0.275. The van der Waals surface area contributed by atoms with Gasteiger partial charge < -0.3 is 4.90 Å². The molecule has 0 unspecified atom stereocenters. The molecule has 0 fully saturated rings. The van der Waals surface area contributed by atoms with Crippen molar-refractivity contribution >= 4 is 21.7 Å². The first-order chi connectivity index (χ1) is 8.15. The van der Waals surface area contributed by atoms with Crippen LogP contribution in [0.15, 0.2) is 22.9 Å². The Labute approximate surface area is 111 Å². The Morgan fingerprint density at radius 1 is 1.35 bits per heavy atom. The number of nitrogens with zero attached hydrogens (tertiary/aromatic N) is 2. The SMILES string of the molecule is CCN(CC)CCC(=O)Cc1cncc(Br)c1. The van der Waals surface area contributed by atoms with Crippen LogP contribution in [-0.2, 0) is 11.2 Å². The van der Waals surface area contributed by atoms with Crippen LogP contribution in [0.1, 0.15) is 25.8 Å². The third kappa shape index (κ3) is 5.41. The Morgan fingerprint density at radius 2 is 2.06 bits per heavy atom. The van der Waals surface area contributed by atoms with Gasteiger partial charge in [-0.15, -0.1) is 0 Å². The van der Waals surface area contributed by atoms with Crippen LogP contribution in [0.2, 0.25) is 0 Å². The van der Waals surface area contributed by atoms with Gasteiger partial charge in [0.25, 0.3) is 0 Å². The highest BCUT2D eigenvalue weighted by Crippen LogP contribution is 2.10. The van der Waals surface area contributed by atoms with Gasteiger partial charge >= 0.3 is 0 Å². The number of ketones is 1. The first-order valence-electron chi connectivity index (χ1n) is 5.99. The van der Waals surface area contributed by atoms with E-state index in [1.807, 2.05) is 6.07 Å². The highest BCUT2D eigenvalue weighted by Gasteiger charge is 2.07. The maximum atomic E-state index is 11.8. The number of rotatable bonds is 7. The molecule has 94 valence electrons. The second-order valence-corrected chi connectivity index (χ2v) is 4.92. The Morgan fingerprint density at radius 3 is 2.65 bits per heavy atom. The quantitative estimate of drug-likeness (QED) is 0.776. The van der Waals surface area contributed by atoms with E-state index in [2.05, 4.69) is 39.7 Å². The molecule has 0 spiro atoms. The molecule has 0 radical (unpaired) electrons. The van der Waals surface area contributed by atoms with Gasteiger partial charge in [0.2, 0.25) is 0 Å². The zero-order valence-corrected chi connectivity index (χ0v) is 12.0. The van der Waals surface area contributed by atoms with E-state index in [0.29, 0.717) is 12.8 Å². The van der Waals surface area contributed by atoms with E-state index in [4.69, 9.17) is 0 Å². The number of hydrogen-bond donors (Lipinski definition) is 0. The van der Waals surface area contributed by atoms with Crippen LogP contribution < -0.4 is 0 Å². The van der Waals surface area contributed by atoms with Crippen molar-refractivity contribution in [1.29, 1.82) is 0 Å². The van der Waals surface area contributed by atoms with Gasteiger partial charge in [-0.2, -0.15) is 0 Å². The lowest BCUT2D eigenvalue weighted by Crippen LogP contribution is -2.26. The van der Waals surface area contributed by atoms with Crippen molar-refractivity contribution < 1.29 is 4.79 Å². The van der Waals surface area contributed by atoms with Crippen molar-refractivity contribution in [2.24, 2.45) is 0 Å². The van der Waals surface area contributed by atoms with Crippen LogP contribution in [-0.4, -0.2) is 35.3 Å². The lowest BCUT2D eigenvalue weighted by atomic mass is 10.1. The molecule has 1 rings (SSSR count). The molecule has 0 aliphatic carbocycles. The van der Waals surface area contributed by atoms with Crippen molar-refractivity contribution in [2.45, 2.75) is 26.7 Å². The number of Topliss-reactive ketones (excluding diaryl/α,β-unsaturated/α-hetero) is 1. The summed E-state index contributed by atoms with van der Waals surface area (Å²) in [4.78, 5) is 18.1. The van der Waals surface area contributed by atoms with Crippen molar-refractivity contribution in [1.82, 2.24) is 9.88 Å². The highest BCUT2D eigenvalue weighted by molar-refractivity contribution is 9.10. The summed E-state index contributed by atoms with van der Waals surface area (Å²) >= 11 is 3.35. The zero-order valence-electron chi connectivity index (χ0n) is 10.4. The van der Waals surface area contributed by atoms with Crippen LogP contribution in [0.25, 0.3) is 0 Å². The summed E-state index contributed by atoms with van der Waals surface area (Å²) in [6, 6.07) is 1.95. The third-order valence-corrected chi connectivity index (χ3v) is 3.20. The molecule has 1 aromatic rings. The molecule has 0 amide bonds. The normalized spacial score (nSPS) is 10.8. The van der Waals surface area contributed by atoms with E-state index in [1.54, 1.807) is 12.4 Å². The molecule has 1 aromatic heterocycles. The number of hydrogen-bond acceptors (Lipinski definition) is 3. The number of carbonyl (C=O) groups is 1. The fourth-order valence-electron chi connectivity index (χ4n) is 1.69. The number of pyridine rings is 1. The van der Waals surface area contributed by atoms with Crippen molar-refractivity contribution in [3.05, 3.63) is 28.5 Å². The Bertz CT molecular complexity index is 364. The molecular formula is C13H19BrN2O. The van der Waals surface area contributed by atoms with Gasteiger partial charge in [-0.3, -0.25) is 9.78 Å². The number of halogens is 1. The second kappa shape index (κ2) is 7.56. The number of carbonyl (C=O) groups excluding carboxylic acids is 1. The summed E-state index contributed by atoms with van der Waals surface area (Å²) < 4.78 is 0.923. The zero-order chi connectivity index (χ0) is 12.7. The Kier molecular flexibility index (Phi) is 6.37. The van der Waals surface area contributed by atoms with E-state index < -0.39 is 0 Å². The lowest BCUT2D eigenvalue weighted by molar-refractivity contribution is -0.118. The summed E-state index contributed by atoms with van der Waals surface area (Å²) in [6.07, 6.45) is 4.58. The van der Waals surface area contributed by atoms with Crippen LogP contribution in [0.3, 0.4) is 0 Å². The fraction of sp³-hybridized carbons (Fsp3) is 0.538. The van der Waals surface area contributed by atoms with E-state index >= 15 is 0 Å². The maximum absolute atomic E-state index is 11.8. The van der Waals surface area contributed by atoms with Crippen LogP contribution in [0.4, 0.5) is 0 Å². The summed E-state index contributed by atoms with van der Waals surface area (Å²) in [5.41, 5.74) is 0.976. The van der Waals surface area contributed by atoms with Gasteiger partial charge in [0.05, 0.1) is 0 Å². The van der Waals surface area contributed by atoms with E-state index in [0.717, 1.165) is 29.7 Å². The average Bonchev–Trinajstić information content (AvgIpc) is 2.30. The third-order valence-electron chi connectivity index (χ3n) is 2.76. The van der Waals surface area contributed by atoms with Gasteiger partial charge in [-0.1, -0.05) is 13.8 Å². The van der Waals surface area contributed by atoms with E-state index in [-0.39, 0.29) is 5.78 Å². The van der Waals surface area contributed by atoms with Crippen LogP contribution >= 0.6 is 15.9 Å². The largest absolute Gasteiger partial charge is 0.303 e. The molecule has 17 heavy (non-hydrogen) atoms. The lowest BCUT2D eigenvalue weighted by Gasteiger charge is -2.16. The first kappa shape index (κ1) is 14.3. The first-order valence-corrected chi connectivity index (χ1v) is 6.78. The maximum Gasteiger partial charge on any atom is 0.138 e. The standard InChI is InChI=1S/C13H19BrN2O/c1-3-16(4-2)6-5-13(17)8-11-7-12(14)10-15-9-11/h7,9-10H,3-6,8H2,1-2H3. The second-order valence-electron chi connectivity index (χ2n) is 4.00. The molecule has 0 aliphatic heterocycles. The van der Waals surface area contributed by atoms with E-state index in [9.17, 15) is 4.79 Å².